The fourth-order valence-electron chi connectivity index (χ4n) is 4.16. The van der Waals surface area contributed by atoms with Gasteiger partial charge in [0.25, 0.3) is 0 Å². The second-order valence-corrected chi connectivity index (χ2v) is 6.93. The summed E-state index contributed by atoms with van der Waals surface area (Å²) in [5.74, 6) is 0.262. The van der Waals surface area contributed by atoms with Crippen molar-refractivity contribution in [1.29, 1.82) is 5.26 Å². The molecule has 29 heavy (non-hydrogen) atoms. The minimum atomic E-state index is -0.574. The van der Waals surface area contributed by atoms with Crippen LogP contribution in [0.3, 0.4) is 0 Å². The summed E-state index contributed by atoms with van der Waals surface area (Å²) in [4.78, 5) is 17.9. The van der Waals surface area contributed by atoms with E-state index in [1.165, 1.54) is 21.3 Å². The molecule has 0 saturated heterocycles. The van der Waals surface area contributed by atoms with Crippen molar-refractivity contribution in [3.63, 3.8) is 0 Å². The smallest absolute Gasteiger partial charge is 0.203 e. The fourth-order valence-corrected chi connectivity index (χ4v) is 4.16. The van der Waals surface area contributed by atoms with E-state index in [9.17, 15) is 10.1 Å². The van der Waals surface area contributed by atoms with Crippen molar-refractivity contribution >= 4 is 17.2 Å². The number of nitriles is 1. The highest BCUT2D eigenvalue weighted by Gasteiger charge is 2.43. The highest BCUT2D eigenvalue weighted by atomic mass is 16.5. The molecule has 0 aromatic heterocycles. The zero-order valence-electron chi connectivity index (χ0n) is 16.6. The molecule has 2 atom stereocenters. The summed E-state index contributed by atoms with van der Waals surface area (Å²) < 4.78 is 16.4. The Balaban J connectivity index is 1.97. The molecule has 0 amide bonds. The van der Waals surface area contributed by atoms with Crippen molar-refractivity contribution in [2.24, 2.45) is 10.9 Å². The second-order valence-electron chi connectivity index (χ2n) is 6.93. The number of aliphatic imine (C=N–C) groups is 1. The quantitative estimate of drug-likeness (QED) is 0.790. The summed E-state index contributed by atoms with van der Waals surface area (Å²) in [6.45, 7) is 1.83. The summed E-state index contributed by atoms with van der Waals surface area (Å²) in [6.07, 6.45) is 0. The number of benzene rings is 2. The normalized spacial score (nSPS) is 19.8. The number of ketones is 1. The summed E-state index contributed by atoms with van der Waals surface area (Å²) >= 11 is 0. The SMILES string of the molecule is COc1cc([C@H]2C3=C(N=C(C)C2C#N)c2ccccc2C3=O)cc(OC)c1OC. The maximum Gasteiger partial charge on any atom is 0.203 e. The van der Waals surface area contributed by atoms with Gasteiger partial charge in [0.2, 0.25) is 5.75 Å². The first-order valence-corrected chi connectivity index (χ1v) is 9.18. The third-order valence-corrected chi connectivity index (χ3v) is 5.49. The van der Waals surface area contributed by atoms with Crippen LogP contribution in [-0.4, -0.2) is 32.8 Å². The number of carbonyl (C=O) groups is 1. The van der Waals surface area contributed by atoms with Gasteiger partial charge in [0.1, 0.15) is 0 Å². The molecular formula is C23H20N2O4. The van der Waals surface area contributed by atoms with Gasteiger partial charge < -0.3 is 14.2 Å². The van der Waals surface area contributed by atoms with Crippen molar-refractivity contribution in [3.8, 4) is 23.3 Å². The Morgan fingerprint density at radius 2 is 1.62 bits per heavy atom. The molecule has 0 radical (unpaired) electrons. The average molecular weight is 388 g/mol. The van der Waals surface area contributed by atoms with Gasteiger partial charge in [-0.25, -0.2) is 0 Å². The number of allylic oxidation sites excluding steroid dienone is 1. The number of rotatable bonds is 4. The number of nitrogens with zero attached hydrogens (tertiary/aromatic N) is 2. The van der Waals surface area contributed by atoms with Gasteiger partial charge in [0, 0.05) is 28.3 Å². The third-order valence-electron chi connectivity index (χ3n) is 5.49. The van der Waals surface area contributed by atoms with Gasteiger partial charge in [-0.05, 0) is 24.6 Å². The maximum absolute atomic E-state index is 13.3. The molecule has 1 unspecified atom stereocenters. The molecule has 2 aliphatic rings. The van der Waals surface area contributed by atoms with Crippen molar-refractivity contribution in [2.75, 3.05) is 21.3 Å². The number of hydrogen-bond donors (Lipinski definition) is 0. The first kappa shape index (κ1) is 18.8. The van der Waals surface area contributed by atoms with Crippen molar-refractivity contribution < 1.29 is 19.0 Å². The number of carbonyl (C=O) groups excluding carboxylic acids is 1. The van der Waals surface area contributed by atoms with Crippen LogP contribution in [0.25, 0.3) is 5.70 Å². The molecule has 1 aliphatic carbocycles. The Kier molecular flexibility index (Phi) is 4.59. The zero-order valence-corrected chi connectivity index (χ0v) is 16.6. The molecule has 0 bridgehead atoms. The largest absolute Gasteiger partial charge is 0.493 e. The summed E-state index contributed by atoms with van der Waals surface area (Å²) in [5, 5.41) is 9.92. The van der Waals surface area contributed by atoms with Crippen LogP contribution in [-0.2, 0) is 0 Å². The number of ether oxygens (including phenoxy) is 3. The number of fused-ring (bicyclic) bond motifs is 2. The lowest BCUT2D eigenvalue weighted by Crippen LogP contribution is -2.26. The predicted octanol–water partition coefficient (Wildman–Crippen LogP) is 4.02. The Bertz CT molecular complexity index is 1100. The maximum atomic E-state index is 13.3. The lowest BCUT2D eigenvalue weighted by molar-refractivity contribution is 0.103. The second kappa shape index (κ2) is 7.10. The van der Waals surface area contributed by atoms with Crippen LogP contribution in [0.5, 0.6) is 17.2 Å². The van der Waals surface area contributed by atoms with E-state index in [4.69, 9.17) is 14.2 Å². The fraction of sp³-hybridized carbons (Fsp3) is 0.261. The lowest BCUT2D eigenvalue weighted by atomic mass is 9.76. The first-order chi connectivity index (χ1) is 14.0. The van der Waals surface area contributed by atoms with Gasteiger partial charge in [0.05, 0.1) is 39.0 Å². The molecule has 0 fully saturated rings. The molecule has 1 heterocycles. The van der Waals surface area contributed by atoms with Gasteiger partial charge in [-0.15, -0.1) is 0 Å². The highest BCUT2D eigenvalue weighted by Crippen LogP contribution is 2.50. The lowest BCUT2D eigenvalue weighted by Gasteiger charge is -2.28. The minimum absolute atomic E-state index is 0.0918. The number of methoxy groups -OCH3 is 3. The van der Waals surface area contributed by atoms with Gasteiger partial charge in [-0.2, -0.15) is 5.26 Å². The molecule has 0 N–H and O–H groups in total. The van der Waals surface area contributed by atoms with Gasteiger partial charge >= 0.3 is 0 Å². The topological polar surface area (TPSA) is 80.9 Å². The van der Waals surface area contributed by atoms with Crippen LogP contribution in [0.15, 0.2) is 47.0 Å². The zero-order chi connectivity index (χ0) is 20.7. The van der Waals surface area contributed by atoms with E-state index in [2.05, 4.69) is 11.1 Å². The molecule has 146 valence electrons. The third kappa shape index (κ3) is 2.70. The van der Waals surface area contributed by atoms with E-state index in [0.717, 1.165) is 11.1 Å². The van der Waals surface area contributed by atoms with E-state index in [0.29, 0.717) is 39.8 Å². The van der Waals surface area contributed by atoms with E-state index < -0.39 is 11.8 Å². The van der Waals surface area contributed by atoms with Crippen LogP contribution in [0, 0.1) is 17.2 Å². The van der Waals surface area contributed by atoms with E-state index in [-0.39, 0.29) is 5.78 Å². The molecule has 0 spiro atoms. The molecule has 1 aliphatic heterocycles. The van der Waals surface area contributed by atoms with Crippen LogP contribution >= 0.6 is 0 Å². The van der Waals surface area contributed by atoms with Gasteiger partial charge in [0.15, 0.2) is 17.3 Å². The number of Topliss-reactive ketones (excluding diaryl/α,β-unsaturated/α-hetero) is 1. The van der Waals surface area contributed by atoms with Crippen molar-refractivity contribution in [1.82, 2.24) is 0 Å². The summed E-state index contributed by atoms with van der Waals surface area (Å²) in [5.41, 5.74) is 4.03. The van der Waals surface area contributed by atoms with Crippen molar-refractivity contribution in [3.05, 3.63) is 58.7 Å². The Labute approximate surface area is 169 Å². The summed E-state index contributed by atoms with van der Waals surface area (Å²) in [7, 11) is 4.61. The molecule has 6 nitrogen and oxygen atoms in total. The van der Waals surface area contributed by atoms with Crippen LogP contribution in [0.4, 0.5) is 0 Å². The van der Waals surface area contributed by atoms with Crippen LogP contribution in [0.2, 0.25) is 0 Å². The molecular weight excluding hydrogens is 368 g/mol. The molecule has 2 aromatic rings. The molecule has 0 saturated carbocycles. The standard InChI is InChI=1S/C23H20N2O4/c1-12-16(11-24)19(13-9-17(27-2)23(29-4)18(10-13)28-3)20-21(25-12)14-7-5-6-8-15(14)22(20)26/h5-10,16,19H,1-4H3/t16?,19-/m1/s1. The van der Waals surface area contributed by atoms with E-state index in [1.807, 2.05) is 25.1 Å². The average Bonchev–Trinajstić information content (AvgIpc) is 3.03. The van der Waals surface area contributed by atoms with E-state index >= 15 is 0 Å². The highest BCUT2D eigenvalue weighted by molar-refractivity contribution is 6.23. The summed E-state index contributed by atoms with van der Waals surface area (Å²) in [6, 6.07) is 13.4. The Morgan fingerprint density at radius 1 is 1.00 bits per heavy atom. The van der Waals surface area contributed by atoms with Crippen LogP contribution < -0.4 is 14.2 Å². The Morgan fingerprint density at radius 3 is 2.17 bits per heavy atom. The molecule has 2 aromatic carbocycles. The van der Waals surface area contributed by atoms with Crippen LogP contribution in [0.1, 0.15) is 34.3 Å². The monoisotopic (exact) mass is 388 g/mol. The van der Waals surface area contributed by atoms with Crippen molar-refractivity contribution in [2.45, 2.75) is 12.8 Å². The molecule has 4 rings (SSSR count). The number of hydrogen-bond acceptors (Lipinski definition) is 6. The van der Waals surface area contributed by atoms with Gasteiger partial charge in [-0.1, -0.05) is 24.3 Å². The Hall–Kier alpha value is -3.59. The predicted molar refractivity (Wildman–Crippen MR) is 109 cm³/mol. The van der Waals surface area contributed by atoms with E-state index in [1.54, 1.807) is 18.2 Å². The van der Waals surface area contributed by atoms with Gasteiger partial charge in [-0.3, -0.25) is 9.79 Å². The minimum Gasteiger partial charge on any atom is -0.493 e. The molecule has 6 heteroatoms. The first-order valence-electron chi connectivity index (χ1n) is 9.18.